The average molecular weight is 506 g/mol. The van der Waals surface area contributed by atoms with Crippen molar-refractivity contribution in [3.8, 4) is 5.75 Å². The quantitative estimate of drug-likeness (QED) is 0.212. The predicted octanol–water partition coefficient (Wildman–Crippen LogP) is 5.46. The molecule has 0 fully saturated rings. The van der Waals surface area contributed by atoms with Crippen molar-refractivity contribution in [1.82, 2.24) is 0 Å². The van der Waals surface area contributed by atoms with E-state index < -0.39 is 16.0 Å². The van der Waals surface area contributed by atoms with Gasteiger partial charge in [0.05, 0.1) is 22.7 Å². The molecule has 0 saturated carbocycles. The molecule has 4 rings (SSSR count). The van der Waals surface area contributed by atoms with Crippen LogP contribution in [-0.4, -0.2) is 27.6 Å². The number of para-hydroxylation sites is 1. The Kier molecular flexibility index (Phi) is 7.97. The molecule has 6 nitrogen and oxygen atoms in total. The van der Waals surface area contributed by atoms with Crippen LogP contribution in [0.5, 0.6) is 5.75 Å². The van der Waals surface area contributed by atoms with Crippen LogP contribution in [0.2, 0.25) is 0 Å². The molecule has 8 heteroatoms. The molecule has 184 valence electrons. The number of esters is 1. The Morgan fingerprint density at radius 2 is 1.44 bits per heavy atom. The SMILES string of the molecule is O=C(OCCOc1ccc(F)cc1)c1cccc(S(=O)(=O)N(Cc2ccccc2)c2ccccc2)c1. The number of carbonyl (C=O) groups is 1. The molecular weight excluding hydrogens is 481 g/mol. The van der Waals surface area contributed by atoms with Crippen molar-refractivity contribution in [2.45, 2.75) is 11.4 Å². The van der Waals surface area contributed by atoms with Gasteiger partial charge in [-0.1, -0.05) is 54.6 Å². The van der Waals surface area contributed by atoms with Crippen molar-refractivity contribution in [2.24, 2.45) is 0 Å². The van der Waals surface area contributed by atoms with E-state index in [2.05, 4.69) is 0 Å². The minimum atomic E-state index is -4.00. The Bertz CT molecular complexity index is 1400. The normalized spacial score (nSPS) is 11.0. The smallest absolute Gasteiger partial charge is 0.338 e. The van der Waals surface area contributed by atoms with E-state index in [1.165, 1.54) is 52.8 Å². The highest BCUT2D eigenvalue weighted by Gasteiger charge is 2.26. The molecule has 0 saturated heterocycles. The Balaban J connectivity index is 1.48. The Morgan fingerprint density at radius 1 is 0.778 bits per heavy atom. The van der Waals surface area contributed by atoms with E-state index in [0.29, 0.717) is 11.4 Å². The lowest BCUT2D eigenvalue weighted by Crippen LogP contribution is -2.30. The summed E-state index contributed by atoms with van der Waals surface area (Å²) in [6.07, 6.45) is 0. The molecular formula is C28H24FNO5S. The third-order valence-corrected chi connectivity index (χ3v) is 7.04. The number of halogens is 1. The number of sulfonamides is 1. The zero-order chi connectivity index (χ0) is 25.4. The molecule has 36 heavy (non-hydrogen) atoms. The molecule has 0 unspecified atom stereocenters. The molecule has 0 aliphatic rings. The maximum atomic E-state index is 13.7. The van der Waals surface area contributed by atoms with E-state index >= 15 is 0 Å². The third-order valence-electron chi connectivity index (χ3n) is 5.27. The van der Waals surface area contributed by atoms with Crippen molar-refractivity contribution in [2.75, 3.05) is 17.5 Å². The summed E-state index contributed by atoms with van der Waals surface area (Å²) in [5.74, 6) is -0.609. The zero-order valence-electron chi connectivity index (χ0n) is 19.3. The summed E-state index contributed by atoms with van der Waals surface area (Å²) >= 11 is 0. The van der Waals surface area contributed by atoms with Gasteiger partial charge in [-0.2, -0.15) is 0 Å². The van der Waals surface area contributed by atoms with Crippen LogP contribution in [0.15, 0.2) is 114 Å². The number of anilines is 1. The first-order valence-corrected chi connectivity index (χ1v) is 12.6. The van der Waals surface area contributed by atoms with Gasteiger partial charge in [0, 0.05) is 0 Å². The number of benzene rings is 4. The van der Waals surface area contributed by atoms with Crippen LogP contribution >= 0.6 is 0 Å². The van der Waals surface area contributed by atoms with Crippen molar-refractivity contribution >= 4 is 21.7 Å². The molecule has 0 spiro atoms. The van der Waals surface area contributed by atoms with E-state index in [1.54, 1.807) is 24.3 Å². The lowest BCUT2D eigenvalue weighted by atomic mass is 10.2. The molecule has 4 aromatic rings. The highest BCUT2D eigenvalue weighted by Crippen LogP contribution is 2.26. The van der Waals surface area contributed by atoms with Gasteiger partial charge in [0.15, 0.2) is 0 Å². The lowest BCUT2D eigenvalue weighted by molar-refractivity contribution is 0.0450. The Labute approximate surface area is 209 Å². The summed E-state index contributed by atoms with van der Waals surface area (Å²) < 4.78 is 52.3. The summed E-state index contributed by atoms with van der Waals surface area (Å²) in [7, 11) is -4.00. The summed E-state index contributed by atoms with van der Waals surface area (Å²) in [6, 6.07) is 29.3. The van der Waals surface area contributed by atoms with Gasteiger partial charge in [0.2, 0.25) is 0 Å². The van der Waals surface area contributed by atoms with E-state index in [0.717, 1.165) is 5.56 Å². The van der Waals surface area contributed by atoms with Crippen LogP contribution in [0.25, 0.3) is 0 Å². The van der Waals surface area contributed by atoms with Crippen LogP contribution < -0.4 is 9.04 Å². The van der Waals surface area contributed by atoms with Gasteiger partial charge in [-0.15, -0.1) is 0 Å². The first-order valence-electron chi connectivity index (χ1n) is 11.2. The predicted molar refractivity (Wildman–Crippen MR) is 135 cm³/mol. The fraction of sp³-hybridized carbons (Fsp3) is 0.107. The second-order valence-electron chi connectivity index (χ2n) is 7.80. The highest BCUT2D eigenvalue weighted by molar-refractivity contribution is 7.92. The van der Waals surface area contributed by atoms with E-state index in [4.69, 9.17) is 9.47 Å². The van der Waals surface area contributed by atoms with Gasteiger partial charge in [0.25, 0.3) is 10.0 Å². The highest BCUT2D eigenvalue weighted by atomic mass is 32.2. The molecule has 0 amide bonds. The standard InChI is InChI=1S/C28H24FNO5S/c29-24-14-16-26(17-15-24)34-18-19-35-28(31)23-10-7-13-27(20-23)36(32,33)30(25-11-5-2-6-12-25)21-22-8-3-1-4-9-22/h1-17,20H,18-19,21H2. The van der Waals surface area contributed by atoms with E-state index in [-0.39, 0.29) is 36.0 Å². The van der Waals surface area contributed by atoms with Crippen LogP contribution in [0.4, 0.5) is 10.1 Å². The Hall–Kier alpha value is -4.17. The van der Waals surface area contributed by atoms with Gasteiger partial charge in [-0.25, -0.2) is 17.6 Å². The minimum absolute atomic E-state index is 0.0284. The first-order chi connectivity index (χ1) is 17.4. The van der Waals surface area contributed by atoms with Crippen LogP contribution in [-0.2, 0) is 21.3 Å². The number of carbonyl (C=O) groups excluding carboxylic acids is 1. The van der Waals surface area contributed by atoms with Gasteiger partial charge in [-0.3, -0.25) is 4.31 Å². The van der Waals surface area contributed by atoms with E-state index in [1.807, 2.05) is 36.4 Å². The fourth-order valence-corrected chi connectivity index (χ4v) is 4.98. The van der Waals surface area contributed by atoms with Crippen molar-refractivity contribution in [1.29, 1.82) is 0 Å². The second kappa shape index (κ2) is 11.5. The number of hydrogen-bond acceptors (Lipinski definition) is 5. The summed E-state index contributed by atoms with van der Waals surface area (Å²) in [4.78, 5) is 12.5. The molecule has 0 N–H and O–H groups in total. The maximum absolute atomic E-state index is 13.7. The van der Waals surface area contributed by atoms with Crippen molar-refractivity contribution in [3.05, 3.63) is 126 Å². The van der Waals surface area contributed by atoms with Crippen molar-refractivity contribution < 1.29 is 27.1 Å². The monoisotopic (exact) mass is 505 g/mol. The van der Waals surface area contributed by atoms with Crippen LogP contribution in [0.3, 0.4) is 0 Å². The molecule has 0 aliphatic carbocycles. The van der Waals surface area contributed by atoms with Gasteiger partial charge >= 0.3 is 5.97 Å². The van der Waals surface area contributed by atoms with Crippen LogP contribution in [0.1, 0.15) is 15.9 Å². The maximum Gasteiger partial charge on any atom is 0.338 e. The summed E-state index contributed by atoms with van der Waals surface area (Å²) in [5.41, 5.74) is 1.43. The van der Waals surface area contributed by atoms with Crippen LogP contribution in [0, 0.1) is 5.82 Å². The fourth-order valence-electron chi connectivity index (χ4n) is 3.48. The number of hydrogen-bond donors (Lipinski definition) is 0. The molecule has 0 aromatic heterocycles. The average Bonchev–Trinajstić information content (AvgIpc) is 2.91. The zero-order valence-corrected chi connectivity index (χ0v) is 20.1. The van der Waals surface area contributed by atoms with Gasteiger partial charge < -0.3 is 9.47 Å². The molecule has 0 aliphatic heterocycles. The Morgan fingerprint density at radius 3 is 2.14 bits per heavy atom. The molecule has 0 heterocycles. The topological polar surface area (TPSA) is 72.9 Å². The number of ether oxygens (including phenoxy) is 2. The minimum Gasteiger partial charge on any atom is -0.490 e. The molecule has 4 aromatic carbocycles. The van der Waals surface area contributed by atoms with Gasteiger partial charge in [0.1, 0.15) is 24.8 Å². The summed E-state index contributed by atoms with van der Waals surface area (Å²) in [5, 5.41) is 0. The second-order valence-corrected chi connectivity index (χ2v) is 9.66. The summed E-state index contributed by atoms with van der Waals surface area (Å²) in [6.45, 7) is 0.133. The number of nitrogens with zero attached hydrogens (tertiary/aromatic N) is 1. The lowest BCUT2D eigenvalue weighted by Gasteiger charge is -2.25. The molecule has 0 radical (unpaired) electrons. The molecule has 0 atom stereocenters. The van der Waals surface area contributed by atoms with E-state index in [9.17, 15) is 17.6 Å². The van der Waals surface area contributed by atoms with Crippen molar-refractivity contribution in [3.63, 3.8) is 0 Å². The largest absolute Gasteiger partial charge is 0.490 e. The first kappa shape index (κ1) is 24.9. The third kappa shape index (κ3) is 6.28. The molecule has 0 bridgehead atoms. The van der Waals surface area contributed by atoms with Gasteiger partial charge in [-0.05, 0) is 60.2 Å². The number of rotatable bonds is 10.